The van der Waals surface area contributed by atoms with Crippen LogP contribution in [0.4, 0.5) is 26.2 Å². The Morgan fingerprint density at radius 1 is 1.04 bits per heavy atom. The summed E-state index contributed by atoms with van der Waals surface area (Å²) >= 11 is 5.94. The number of rotatable bonds is 7. The fourth-order valence-corrected chi connectivity index (χ4v) is 2.42. The first kappa shape index (κ1) is 19.0. The Morgan fingerprint density at radius 2 is 1.80 bits per heavy atom. The SMILES string of the molecule is O=C(Nc1cc(F)cc(NCCO)c1)Nc1cc(Cl)ccc1CCO. The lowest BCUT2D eigenvalue weighted by atomic mass is 10.1. The topological polar surface area (TPSA) is 93.6 Å². The number of nitrogens with one attached hydrogen (secondary N) is 3. The fraction of sp³-hybridized carbons (Fsp3) is 0.235. The smallest absolute Gasteiger partial charge is 0.323 e. The van der Waals surface area contributed by atoms with Crippen LogP contribution in [0.3, 0.4) is 0 Å². The van der Waals surface area contributed by atoms with E-state index in [9.17, 15) is 9.18 Å². The molecule has 0 unspecified atom stereocenters. The predicted molar refractivity (Wildman–Crippen MR) is 96.9 cm³/mol. The molecule has 2 aromatic rings. The van der Waals surface area contributed by atoms with E-state index in [2.05, 4.69) is 16.0 Å². The molecular weight excluding hydrogens is 349 g/mol. The highest BCUT2D eigenvalue weighted by molar-refractivity contribution is 6.31. The Bertz CT molecular complexity index is 743. The van der Waals surface area contributed by atoms with Gasteiger partial charge in [-0.1, -0.05) is 17.7 Å². The summed E-state index contributed by atoms with van der Waals surface area (Å²) in [6.45, 7) is 0.103. The summed E-state index contributed by atoms with van der Waals surface area (Å²) in [4.78, 5) is 12.2. The number of carbonyl (C=O) groups is 1. The molecule has 2 amide bonds. The Balaban J connectivity index is 2.10. The van der Waals surface area contributed by atoms with Gasteiger partial charge in [0.1, 0.15) is 5.82 Å². The van der Waals surface area contributed by atoms with Gasteiger partial charge in [0.05, 0.1) is 6.61 Å². The van der Waals surface area contributed by atoms with Crippen molar-refractivity contribution in [1.29, 1.82) is 0 Å². The second kappa shape index (κ2) is 9.22. The molecule has 25 heavy (non-hydrogen) atoms. The molecular formula is C17H19ClFN3O3. The summed E-state index contributed by atoms with van der Waals surface area (Å²) in [5.74, 6) is -0.526. The Hall–Kier alpha value is -2.35. The first-order chi connectivity index (χ1) is 12.0. The molecule has 0 aliphatic heterocycles. The minimum Gasteiger partial charge on any atom is -0.396 e. The normalized spacial score (nSPS) is 10.4. The molecule has 5 N–H and O–H groups in total. The molecule has 2 aromatic carbocycles. The molecule has 0 aliphatic rings. The average molecular weight is 368 g/mol. The van der Waals surface area contributed by atoms with E-state index in [1.54, 1.807) is 24.3 Å². The van der Waals surface area contributed by atoms with E-state index < -0.39 is 11.8 Å². The maximum absolute atomic E-state index is 13.6. The fourth-order valence-electron chi connectivity index (χ4n) is 2.25. The summed E-state index contributed by atoms with van der Waals surface area (Å²) in [6, 6.07) is 8.37. The number of hydrogen-bond donors (Lipinski definition) is 5. The van der Waals surface area contributed by atoms with Crippen LogP contribution in [0, 0.1) is 5.82 Å². The van der Waals surface area contributed by atoms with Crippen LogP contribution >= 0.6 is 11.6 Å². The van der Waals surface area contributed by atoms with Crippen molar-refractivity contribution in [2.24, 2.45) is 0 Å². The van der Waals surface area contributed by atoms with E-state index in [1.807, 2.05) is 0 Å². The zero-order valence-electron chi connectivity index (χ0n) is 13.4. The van der Waals surface area contributed by atoms with Crippen LogP contribution in [-0.4, -0.2) is 36.0 Å². The second-order valence-electron chi connectivity index (χ2n) is 5.23. The molecule has 2 rings (SSSR count). The molecule has 0 aliphatic carbocycles. The van der Waals surface area contributed by atoms with Gasteiger partial charge in [-0.25, -0.2) is 9.18 Å². The van der Waals surface area contributed by atoms with E-state index in [4.69, 9.17) is 21.8 Å². The van der Waals surface area contributed by atoms with Gasteiger partial charge in [-0.2, -0.15) is 0 Å². The second-order valence-corrected chi connectivity index (χ2v) is 5.67. The number of carbonyl (C=O) groups excluding carboxylic acids is 1. The van der Waals surface area contributed by atoms with Gasteiger partial charge < -0.3 is 26.2 Å². The van der Waals surface area contributed by atoms with E-state index >= 15 is 0 Å². The lowest BCUT2D eigenvalue weighted by Gasteiger charge is -2.13. The summed E-state index contributed by atoms with van der Waals surface area (Å²) in [6.07, 6.45) is 0.363. The number of halogens is 2. The van der Waals surface area contributed by atoms with Crippen LogP contribution in [0.25, 0.3) is 0 Å². The van der Waals surface area contributed by atoms with Crippen molar-refractivity contribution in [3.63, 3.8) is 0 Å². The monoisotopic (exact) mass is 367 g/mol. The van der Waals surface area contributed by atoms with Crippen molar-refractivity contribution in [3.05, 3.63) is 52.8 Å². The Morgan fingerprint density at radius 3 is 2.52 bits per heavy atom. The molecule has 0 fully saturated rings. The standard InChI is InChI=1S/C17H19ClFN3O3/c18-12-2-1-11(3-5-23)16(7-12)22-17(25)21-15-9-13(19)8-14(10-15)20-4-6-24/h1-2,7-10,20,23-24H,3-6H2,(H2,21,22,25). The number of anilines is 3. The molecule has 8 heteroatoms. The third-order valence-corrected chi connectivity index (χ3v) is 3.53. The van der Waals surface area contributed by atoms with Crippen molar-refractivity contribution in [2.45, 2.75) is 6.42 Å². The first-order valence-electron chi connectivity index (χ1n) is 7.64. The zero-order chi connectivity index (χ0) is 18.2. The summed E-state index contributed by atoms with van der Waals surface area (Å²) < 4.78 is 13.6. The Kier molecular flexibility index (Phi) is 7.00. The quantitative estimate of drug-likeness (QED) is 0.520. The summed E-state index contributed by atoms with van der Waals surface area (Å²) in [7, 11) is 0. The van der Waals surface area contributed by atoms with E-state index in [1.165, 1.54) is 12.1 Å². The van der Waals surface area contributed by atoms with Gasteiger partial charge in [-0.15, -0.1) is 0 Å². The highest BCUT2D eigenvalue weighted by Gasteiger charge is 2.09. The number of hydrogen-bond acceptors (Lipinski definition) is 4. The number of aliphatic hydroxyl groups is 2. The largest absolute Gasteiger partial charge is 0.396 e. The summed E-state index contributed by atoms with van der Waals surface area (Å²) in [5, 5.41) is 26.3. The lowest BCUT2D eigenvalue weighted by Crippen LogP contribution is -2.20. The zero-order valence-corrected chi connectivity index (χ0v) is 14.1. The third-order valence-electron chi connectivity index (χ3n) is 3.30. The van der Waals surface area contributed by atoms with Gasteiger partial charge in [0.15, 0.2) is 0 Å². The van der Waals surface area contributed by atoms with Crippen LogP contribution in [0.15, 0.2) is 36.4 Å². The Labute approximate surface area is 149 Å². The average Bonchev–Trinajstić information content (AvgIpc) is 2.55. The molecule has 6 nitrogen and oxygen atoms in total. The third kappa shape index (κ3) is 5.90. The van der Waals surface area contributed by atoms with Crippen LogP contribution in [0.5, 0.6) is 0 Å². The molecule has 0 aromatic heterocycles. The van der Waals surface area contributed by atoms with Crippen molar-refractivity contribution in [1.82, 2.24) is 0 Å². The molecule has 0 bridgehead atoms. The lowest BCUT2D eigenvalue weighted by molar-refractivity contribution is 0.262. The molecule has 0 saturated carbocycles. The molecule has 0 heterocycles. The number of benzene rings is 2. The number of urea groups is 1. The minimum atomic E-state index is -0.569. The van der Waals surface area contributed by atoms with Crippen LogP contribution in [0.2, 0.25) is 5.02 Å². The van der Waals surface area contributed by atoms with Crippen LogP contribution < -0.4 is 16.0 Å². The van der Waals surface area contributed by atoms with Gasteiger partial charge in [0.2, 0.25) is 0 Å². The first-order valence-corrected chi connectivity index (χ1v) is 8.02. The van der Waals surface area contributed by atoms with E-state index in [0.29, 0.717) is 22.8 Å². The molecule has 0 saturated heterocycles. The highest BCUT2D eigenvalue weighted by Crippen LogP contribution is 2.23. The predicted octanol–water partition coefficient (Wildman–Crippen LogP) is 3.06. The maximum Gasteiger partial charge on any atom is 0.323 e. The number of amides is 2. The van der Waals surface area contributed by atoms with Gasteiger partial charge >= 0.3 is 6.03 Å². The van der Waals surface area contributed by atoms with Crippen LogP contribution in [0.1, 0.15) is 5.56 Å². The van der Waals surface area contributed by atoms with Crippen molar-refractivity contribution < 1.29 is 19.4 Å². The van der Waals surface area contributed by atoms with Crippen LogP contribution in [-0.2, 0) is 6.42 Å². The van der Waals surface area contributed by atoms with Crippen molar-refractivity contribution >= 4 is 34.7 Å². The minimum absolute atomic E-state index is 0.0677. The van der Waals surface area contributed by atoms with E-state index in [-0.39, 0.29) is 25.4 Å². The maximum atomic E-state index is 13.6. The van der Waals surface area contributed by atoms with Crippen molar-refractivity contribution in [2.75, 3.05) is 35.7 Å². The van der Waals surface area contributed by atoms with E-state index in [0.717, 1.165) is 5.56 Å². The molecule has 0 radical (unpaired) electrons. The molecule has 0 spiro atoms. The van der Waals surface area contributed by atoms with Gasteiger partial charge in [-0.05, 0) is 42.3 Å². The summed E-state index contributed by atoms with van der Waals surface area (Å²) in [5.41, 5.74) is 1.89. The number of aliphatic hydroxyl groups excluding tert-OH is 2. The highest BCUT2D eigenvalue weighted by atomic mass is 35.5. The van der Waals surface area contributed by atoms with Gasteiger partial charge in [0.25, 0.3) is 0 Å². The van der Waals surface area contributed by atoms with Gasteiger partial charge in [-0.3, -0.25) is 0 Å². The molecule has 0 atom stereocenters. The van der Waals surface area contributed by atoms with Crippen molar-refractivity contribution in [3.8, 4) is 0 Å². The molecule has 134 valence electrons. The van der Waals surface area contributed by atoms with Gasteiger partial charge in [0, 0.05) is 35.2 Å².